The Balaban J connectivity index is 1.53. The van der Waals surface area contributed by atoms with Crippen molar-refractivity contribution in [2.24, 2.45) is 10.9 Å². The minimum Gasteiger partial charge on any atom is -0.477 e. The van der Waals surface area contributed by atoms with Crippen molar-refractivity contribution in [3.05, 3.63) is 41.5 Å². The highest BCUT2D eigenvalue weighted by molar-refractivity contribution is 7.09. The highest BCUT2D eigenvalue weighted by Crippen LogP contribution is 2.37. The molecule has 0 saturated carbocycles. The van der Waals surface area contributed by atoms with Gasteiger partial charge in [0, 0.05) is 24.3 Å². The lowest BCUT2D eigenvalue weighted by Gasteiger charge is -2.50. The van der Waals surface area contributed by atoms with Gasteiger partial charge in [0.05, 0.1) is 6.04 Å². The van der Waals surface area contributed by atoms with Gasteiger partial charge in [-0.05, 0) is 24.5 Å². The van der Waals surface area contributed by atoms with Crippen LogP contribution in [0, 0.1) is 5.41 Å². The number of carboxylic acids is 1. The zero-order chi connectivity index (χ0) is 25.3. The van der Waals surface area contributed by atoms with Crippen molar-refractivity contribution in [2.75, 3.05) is 19.4 Å². The molecule has 2 unspecified atom stereocenters. The summed E-state index contributed by atoms with van der Waals surface area (Å²) in [6.45, 7) is 0.182. The Morgan fingerprint density at radius 2 is 2.20 bits per heavy atom. The molecule has 2 amide bonds. The normalized spacial score (nSPS) is 23.6. The molecule has 3 aliphatic rings. The van der Waals surface area contributed by atoms with Crippen LogP contribution in [-0.4, -0.2) is 85.4 Å². The summed E-state index contributed by atoms with van der Waals surface area (Å²) in [5.74, 6) is -2.68. The average molecular weight is 502 g/mol. The maximum atomic E-state index is 13.0. The molecule has 0 radical (unpaired) electrons. The van der Waals surface area contributed by atoms with E-state index in [9.17, 15) is 19.5 Å². The maximum absolute atomic E-state index is 13.0. The van der Waals surface area contributed by atoms with Gasteiger partial charge in [-0.1, -0.05) is 17.3 Å². The van der Waals surface area contributed by atoms with E-state index in [0.29, 0.717) is 18.4 Å². The summed E-state index contributed by atoms with van der Waals surface area (Å²) in [5, 5.41) is 24.1. The van der Waals surface area contributed by atoms with Crippen LogP contribution in [0.3, 0.4) is 0 Å². The number of amides is 2. The predicted octanol–water partition coefficient (Wildman–Crippen LogP) is -1.01. The lowest BCUT2D eigenvalue weighted by molar-refractivity contribution is -0.155. The molecule has 15 heteroatoms. The molecule has 14 nitrogen and oxygen atoms in total. The number of hydrogen-bond acceptors (Lipinski definition) is 11. The number of fused-ring (bicyclic) bond motifs is 1. The third kappa shape index (κ3) is 4.44. The highest BCUT2D eigenvalue weighted by atomic mass is 32.1. The monoisotopic (exact) mass is 501 g/mol. The van der Waals surface area contributed by atoms with Gasteiger partial charge >= 0.3 is 5.97 Å². The molecule has 0 bridgehead atoms. The third-order valence-electron chi connectivity index (χ3n) is 5.81. The van der Waals surface area contributed by atoms with E-state index in [1.54, 1.807) is 29.3 Å². The van der Waals surface area contributed by atoms with Gasteiger partial charge in [0.25, 0.3) is 11.8 Å². The molecule has 4 rings (SSSR count). The molecule has 0 aromatic carbocycles. The number of aromatic nitrogens is 2. The number of amidine groups is 1. The summed E-state index contributed by atoms with van der Waals surface area (Å²) in [6.07, 6.45) is 7.79. The Labute approximate surface area is 203 Å². The summed E-state index contributed by atoms with van der Waals surface area (Å²) in [6, 6.07) is -2.00. The lowest BCUT2D eigenvalue weighted by atomic mass is 9.83. The van der Waals surface area contributed by atoms with Gasteiger partial charge < -0.3 is 31.6 Å². The number of allylic oxidation sites excluding steroid dienone is 2. The van der Waals surface area contributed by atoms with Gasteiger partial charge in [0.2, 0.25) is 11.5 Å². The van der Waals surface area contributed by atoms with Crippen LogP contribution in [-0.2, 0) is 19.2 Å². The van der Waals surface area contributed by atoms with E-state index in [1.807, 2.05) is 0 Å². The molecule has 1 saturated heterocycles. The van der Waals surface area contributed by atoms with E-state index in [-0.39, 0.29) is 34.7 Å². The van der Waals surface area contributed by atoms with E-state index in [4.69, 9.17) is 21.7 Å². The van der Waals surface area contributed by atoms with Crippen molar-refractivity contribution in [1.29, 1.82) is 5.41 Å². The van der Waals surface area contributed by atoms with Crippen LogP contribution in [0.4, 0.5) is 5.13 Å². The Kier molecular flexibility index (Phi) is 6.50. The second-order valence-electron chi connectivity index (χ2n) is 7.90. The molecule has 35 heavy (non-hydrogen) atoms. The number of nitrogen functional groups attached to an aromatic ring is 1. The highest BCUT2D eigenvalue weighted by Gasteiger charge is 2.53. The first kappa shape index (κ1) is 23.9. The lowest BCUT2D eigenvalue weighted by Crippen LogP contribution is -2.72. The number of aliphatic carboxylic acids is 1. The molecule has 1 aromatic rings. The van der Waals surface area contributed by atoms with Crippen molar-refractivity contribution in [3.63, 3.8) is 0 Å². The molecule has 0 aliphatic carbocycles. The molecule has 7 N–H and O–H groups in total. The number of rotatable bonds is 8. The van der Waals surface area contributed by atoms with Crippen LogP contribution in [0.1, 0.15) is 18.7 Å². The Hall–Kier alpha value is -4.27. The van der Waals surface area contributed by atoms with Gasteiger partial charge in [-0.2, -0.15) is 9.36 Å². The smallest absolute Gasteiger partial charge is 0.352 e. The van der Waals surface area contributed by atoms with Crippen molar-refractivity contribution in [2.45, 2.75) is 31.0 Å². The van der Waals surface area contributed by atoms with Crippen LogP contribution in [0.2, 0.25) is 0 Å². The molecule has 0 spiro atoms. The van der Waals surface area contributed by atoms with E-state index >= 15 is 0 Å². The van der Waals surface area contributed by atoms with E-state index in [1.165, 1.54) is 12.0 Å². The van der Waals surface area contributed by atoms with Crippen LogP contribution >= 0.6 is 11.5 Å². The SMILES string of the molecule is CO/N=C(\C(=O)N[C@@H]1C(=O)N2C(C(=O)O)=C(CN3C=CC=CC3C(=N)N)CCC12)c1nsc(N)n1. The molecule has 184 valence electrons. The van der Waals surface area contributed by atoms with Gasteiger partial charge in [0.1, 0.15) is 30.7 Å². The van der Waals surface area contributed by atoms with Gasteiger partial charge in [-0.15, -0.1) is 0 Å². The van der Waals surface area contributed by atoms with E-state index in [0.717, 1.165) is 11.5 Å². The fraction of sp³-hybridized carbons (Fsp3) is 0.350. The van der Waals surface area contributed by atoms with Crippen molar-refractivity contribution >= 4 is 46.0 Å². The van der Waals surface area contributed by atoms with Crippen molar-refractivity contribution in [3.8, 4) is 0 Å². The number of anilines is 1. The van der Waals surface area contributed by atoms with Crippen LogP contribution < -0.4 is 16.8 Å². The number of β-lactam (4-membered cyclic amide) rings is 1. The predicted molar refractivity (Wildman–Crippen MR) is 125 cm³/mol. The van der Waals surface area contributed by atoms with Crippen LogP contribution in [0.25, 0.3) is 0 Å². The fourth-order valence-corrected chi connectivity index (χ4v) is 4.73. The Morgan fingerprint density at radius 1 is 1.43 bits per heavy atom. The first-order valence-electron chi connectivity index (χ1n) is 10.5. The first-order valence-corrected chi connectivity index (χ1v) is 11.2. The number of carboxylic acid groups (broad SMARTS) is 1. The van der Waals surface area contributed by atoms with Gasteiger partial charge in [0.15, 0.2) is 5.13 Å². The number of nitrogens with zero attached hydrogens (tertiary/aromatic N) is 5. The largest absolute Gasteiger partial charge is 0.477 e. The average Bonchev–Trinajstić information content (AvgIpc) is 3.26. The van der Waals surface area contributed by atoms with E-state index < -0.39 is 35.9 Å². The number of oxime groups is 1. The van der Waals surface area contributed by atoms with Gasteiger partial charge in [-0.3, -0.25) is 19.9 Å². The number of nitrogens with two attached hydrogens (primary N) is 2. The molecular weight excluding hydrogens is 478 g/mol. The summed E-state index contributed by atoms with van der Waals surface area (Å²) in [4.78, 5) is 49.5. The Bertz CT molecular complexity index is 1200. The molecule has 1 fully saturated rings. The molecule has 3 atom stereocenters. The minimum atomic E-state index is -1.25. The van der Waals surface area contributed by atoms with Crippen molar-refractivity contribution in [1.82, 2.24) is 24.5 Å². The zero-order valence-corrected chi connectivity index (χ0v) is 19.4. The maximum Gasteiger partial charge on any atom is 0.352 e. The molecule has 3 aliphatic heterocycles. The summed E-state index contributed by atoms with van der Waals surface area (Å²) < 4.78 is 3.94. The summed E-state index contributed by atoms with van der Waals surface area (Å²) in [7, 11) is 1.25. The number of nitrogens with one attached hydrogen (secondary N) is 2. The topological polar surface area (TPSA) is 213 Å². The molecule has 1 aromatic heterocycles. The molecule has 4 heterocycles. The second kappa shape index (κ2) is 9.54. The van der Waals surface area contributed by atoms with Crippen molar-refractivity contribution < 1.29 is 24.3 Å². The molecular formula is C20H23N9O5S. The van der Waals surface area contributed by atoms with Crippen LogP contribution in [0.15, 0.2) is 40.9 Å². The second-order valence-corrected chi connectivity index (χ2v) is 8.68. The number of carbonyl (C=O) groups is 3. The first-order chi connectivity index (χ1) is 16.7. The summed E-state index contributed by atoms with van der Waals surface area (Å²) >= 11 is 0.873. The van der Waals surface area contributed by atoms with Gasteiger partial charge in [-0.25, -0.2) is 4.79 Å². The summed E-state index contributed by atoms with van der Waals surface area (Å²) in [5.41, 5.74) is 11.4. The fourth-order valence-electron chi connectivity index (χ4n) is 4.30. The third-order valence-corrected chi connectivity index (χ3v) is 6.35. The van der Waals surface area contributed by atoms with E-state index in [2.05, 4.69) is 19.8 Å². The van der Waals surface area contributed by atoms with Crippen LogP contribution in [0.5, 0.6) is 0 Å². The quantitative estimate of drug-likeness (QED) is 0.127. The minimum absolute atomic E-state index is 0.0452. The standard InChI is InChI=1S/C20H23N9O5S/c1-34-26-13(16-25-20(23)35-27-16)17(30)24-12-10-6-5-9(14(19(32)33)29(10)18(12)31)8-28-7-3-2-4-11(28)15(21)22/h2-4,7,10-12H,5-6,8H2,1H3,(H3,21,22)(H,24,30)(H,32,33)(H2,23,25,27)/b26-13-/t10?,11?,12-/m0/s1. The number of carbonyl (C=O) groups excluding carboxylic acids is 2. The Morgan fingerprint density at radius 3 is 2.83 bits per heavy atom. The number of hydrogen-bond donors (Lipinski definition) is 5. The zero-order valence-electron chi connectivity index (χ0n) is 18.5.